The zero-order valence-corrected chi connectivity index (χ0v) is 12.8. The third kappa shape index (κ3) is 3.51. The van der Waals surface area contributed by atoms with Gasteiger partial charge in [0.1, 0.15) is 0 Å². The highest BCUT2D eigenvalue weighted by Crippen LogP contribution is 2.32. The van der Waals surface area contributed by atoms with Crippen molar-refractivity contribution in [3.63, 3.8) is 0 Å². The van der Waals surface area contributed by atoms with Crippen molar-refractivity contribution >= 4 is 16.0 Å². The number of ether oxygens (including phenoxy) is 2. The maximum Gasteiger partial charge on any atom is 0.310 e. The lowest BCUT2D eigenvalue weighted by Gasteiger charge is -2.29. The maximum absolute atomic E-state index is 12.5. The molecule has 0 aromatic rings. The lowest BCUT2D eigenvalue weighted by Crippen LogP contribution is -2.47. The van der Waals surface area contributed by atoms with Crippen LogP contribution in [-0.4, -0.2) is 45.5 Å². The number of nitrogens with one attached hydrogen (secondary N) is 1. The quantitative estimate of drug-likeness (QED) is 0.778. The van der Waals surface area contributed by atoms with Crippen molar-refractivity contribution in [1.29, 1.82) is 0 Å². The summed E-state index contributed by atoms with van der Waals surface area (Å²) in [6.07, 6.45) is 3.27. The number of hydrogen-bond acceptors (Lipinski definition) is 5. The van der Waals surface area contributed by atoms with E-state index in [9.17, 15) is 13.2 Å². The normalized spacial score (nSPS) is 34.9. The average Bonchev–Trinajstić information content (AvgIpc) is 2.87. The fraction of sp³-hybridized carbons (Fsp3) is 0.923. The van der Waals surface area contributed by atoms with E-state index in [0.29, 0.717) is 32.3 Å². The van der Waals surface area contributed by atoms with Crippen LogP contribution in [0.5, 0.6) is 0 Å². The first-order valence-electron chi connectivity index (χ1n) is 7.14. The van der Waals surface area contributed by atoms with E-state index in [2.05, 4.69) is 4.72 Å². The van der Waals surface area contributed by atoms with E-state index in [1.54, 1.807) is 0 Å². The molecule has 20 heavy (non-hydrogen) atoms. The Morgan fingerprint density at radius 3 is 2.70 bits per heavy atom. The predicted octanol–water partition coefficient (Wildman–Crippen LogP) is 0.815. The van der Waals surface area contributed by atoms with E-state index < -0.39 is 27.2 Å². The summed E-state index contributed by atoms with van der Waals surface area (Å²) in [5.41, 5.74) is 0. The van der Waals surface area contributed by atoms with E-state index in [1.165, 1.54) is 7.11 Å². The highest BCUT2D eigenvalue weighted by Gasteiger charge is 2.43. The highest BCUT2D eigenvalue weighted by molar-refractivity contribution is 7.90. The third-order valence-electron chi connectivity index (χ3n) is 4.17. The second-order valence-electron chi connectivity index (χ2n) is 5.66. The lowest BCUT2D eigenvalue weighted by molar-refractivity contribution is -0.145. The minimum Gasteiger partial charge on any atom is -0.469 e. The molecule has 2 fully saturated rings. The maximum atomic E-state index is 12.5. The first kappa shape index (κ1) is 15.7. The Morgan fingerprint density at radius 1 is 1.30 bits per heavy atom. The molecular weight excluding hydrogens is 282 g/mol. The summed E-state index contributed by atoms with van der Waals surface area (Å²) in [4.78, 5) is 11.7. The van der Waals surface area contributed by atoms with Crippen LogP contribution in [0, 0.1) is 5.92 Å². The Balaban J connectivity index is 2.03. The Kier molecular flexibility index (Phi) is 5.04. The number of esters is 1. The van der Waals surface area contributed by atoms with Crippen molar-refractivity contribution in [3.05, 3.63) is 0 Å². The monoisotopic (exact) mass is 305 g/mol. The summed E-state index contributed by atoms with van der Waals surface area (Å²) in [6, 6.07) is -0.0948. The van der Waals surface area contributed by atoms with E-state index in [4.69, 9.17) is 9.47 Å². The van der Waals surface area contributed by atoms with Crippen molar-refractivity contribution in [1.82, 2.24) is 4.72 Å². The van der Waals surface area contributed by atoms with E-state index in [0.717, 1.165) is 6.42 Å². The number of carbonyl (C=O) groups excluding carboxylic acids is 1. The highest BCUT2D eigenvalue weighted by atomic mass is 32.2. The van der Waals surface area contributed by atoms with Gasteiger partial charge < -0.3 is 9.47 Å². The smallest absolute Gasteiger partial charge is 0.310 e. The largest absolute Gasteiger partial charge is 0.469 e. The van der Waals surface area contributed by atoms with E-state index >= 15 is 0 Å². The van der Waals surface area contributed by atoms with Gasteiger partial charge in [-0.1, -0.05) is 6.42 Å². The minimum atomic E-state index is -3.49. The summed E-state index contributed by atoms with van der Waals surface area (Å²) in [7, 11) is -2.19. The van der Waals surface area contributed by atoms with Gasteiger partial charge in [-0.2, -0.15) is 0 Å². The zero-order valence-electron chi connectivity index (χ0n) is 12.0. The van der Waals surface area contributed by atoms with Gasteiger partial charge in [0, 0.05) is 12.6 Å². The Labute approximate surface area is 120 Å². The first-order chi connectivity index (χ1) is 9.44. The molecule has 1 heterocycles. The van der Waals surface area contributed by atoms with Crippen molar-refractivity contribution in [2.45, 2.75) is 56.4 Å². The van der Waals surface area contributed by atoms with Crippen molar-refractivity contribution < 1.29 is 22.7 Å². The summed E-state index contributed by atoms with van der Waals surface area (Å²) in [6.45, 7) is 2.51. The van der Waals surface area contributed by atoms with Crippen LogP contribution in [0.25, 0.3) is 0 Å². The van der Waals surface area contributed by atoms with E-state index in [-0.39, 0.29) is 12.1 Å². The molecule has 1 aliphatic carbocycles. The summed E-state index contributed by atoms with van der Waals surface area (Å²) in [5.74, 6) is -0.951. The van der Waals surface area contributed by atoms with Gasteiger partial charge in [0.15, 0.2) is 0 Å². The van der Waals surface area contributed by atoms with Gasteiger partial charge >= 0.3 is 5.97 Å². The molecule has 1 saturated carbocycles. The molecule has 1 N–H and O–H groups in total. The third-order valence-corrected chi connectivity index (χ3v) is 6.19. The van der Waals surface area contributed by atoms with Crippen LogP contribution in [-0.2, 0) is 24.3 Å². The average molecular weight is 305 g/mol. The summed E-state index contributed by atoms with van der Waals surface area (Å²) in [5, 5.41) is -0.659. The lowest BCUT2D eigenvalue weighted by atomic mass is 10.1. The Bertz CT molecular complexity index is 450. The van der Waals surface area contributed by atoms with Crippen LogP contribution in [0.3, 0.4) is 0 Å². The number of carbonyl (C=O) groups is 1. The zero-order chi connectivity index (χ0) is 14.8. The van der Waals surface area contributed by atoms with Crippen molar-refractivity contribution in [3.8, 4) is 0 Å². The molecule has 2 rings (SSSR count). The molecule has 0 bridgehead atoms. The molecule has 2 aliphatic rings. The number of methoxy groups -OCH3 is 1. The van der Waals surface area contributed by atoms with Crippen LogP contribution >= 0.6 is 0 Å². The van der Waals surface area contributed by atoms with Gasteiger partial charge in [0.25, 0.3) is 0 Å². The molecule has 0 aromatic heterocycles. The van der Waals surface area contributed by atoms with Gasteiger partial charge in [-0.3, -0.25) is 4.79 Å². The van der Waals surface area contributed by atoms with Crippen LogP contribution in [0.2, 0.25) is 0 Å². The molecule has 1 aliphatic heterocycles. The van der Waals surface area contributed by atoms with E-state index in [1.807, 2.05) is 6.92 Å². The molecule has 116 valence electrons. The summed E-state index contributed by atoms with van der Waals surface area (Å²) >= 11 is 0. The van der Waals surface area contributed by atoms with Crippen LogP contribution in [0.4, 0.5) is 0 Å². The van der Waals surface area contributed by atoms with Crippen molar-refractivity contribution in [2.75, 3.05) is 13.7 Å². The molecule has 1 saturated heterocycles. The summed E-state index contributed by atoms with van der Waals surface area (Å²) < 4.78 is 37.8. The second-order valence-corrected chi connectivity index (χ2v) is 7.60. The van der Waals surface area contributed by atoms with Gasteiger partial charge in [0.2, 0.25) is 10.0 Å². The van der Waals surface area contributed by atoms with Gasteiger partial charge in [0.05, 0.1) is 24.4 Å². The SMILES string of the molecule is COC(=O)C1CCCC1S(=O)(=O)NC1CCOC(C)C1. The fourth-order valence-corrected chi connectivity index (χ4v) is 5.15. The Morgan fingerprint density at radius 2 is 2.05 bits per heavy atom. The second kappa shape index (κ2) is 6.41. The van der Waals surface area contributed by atoms with Gasteiger partial charge in [-0.25, -0.2) is 13.1 Å². The molecule has 4 unspecified atom stereocenters. The first-order valence-corrected chi connectivity index (χ1v) is 8.69. The molecule has 0 spiro atoms. The molecule has 4 atom stereocenters. The Hall–Kier alpha value is -0.660. The number of sulfonamides is 1. The van der Waals surface area contributed by atoms with Gasteiger partial charge in [-0.05, 0) is 32.6 Å². The van der Waals surface area contributed by atoms with Crippen LogP contribution in [0.15, 0.2) is 0 Å². The molecular formula is C13H23NO5S. The minimum absolute atomic E-state index is 0.0661. The molecule has 0 amide bonds. The molecule has 7 heteroatoms. The number of rotatable bonds is 4. The topological polar surface area (TPSA) is 81.7 Å². The number of hydrogen-bond donors (Lipinski definition) is 1. The molecule has 0 aromatic carbocycles. The standard InChI is InChI=1S/C13H23NO5S/c1-9-8-10(6-7-19-9)14-20(16,17)12-5-3-4-11(12)13(15)18-2/h9-12,14H,3-8H2,1-2H3. The molecule has 0 radical (unpaired) electrons. The van der Waals surface area contributed by atoms with Crippen molar-refractivity contribution in [2.24, 2.45) is 5.92 Å². The van der Waals surface area contributed by atoms with Gasteiger partial charge in [-0.15, -0.1) is 0 Å². The predicted molar refractivity (Wildman–Crippen MR) is 73.6 cm³/mol. The van der Waals surface area contributed by atoms with Crippen LogP contribution in [0.1, 0.15) is 39.0 Å². The van der Waals surface area contributed by atoms with Crippen LogP contribution < -0.4 is 4.72 Å². The fourth-order valence-electron chi connectivity index (χ4n) is 3.14. The molecule has 6 nitrogen and oxygen atoms in total.